The topological polar surface area (TPSA) is 101 Å². The molecule has 0 fully saturated rings. The third-order valence-corrected chi connectivity index (χ3v) is 3.66. The van der Waals surface area contributed by atoms with E-state index >= 15 is 0 Å². The lowest BCUT2D eigenvalue weighted by Crippen LogP contribution is -2.43. The van der Waals surface area contributed by atoms with Crippen LogP contribution in [0.15, 0.2) is 12.2 Å². The van der Waals surface area contributed by atoms with E-state index in [0.29, 0.717) is 17.4 Å². The Morgan fingerprint density at radius 1 is 0.923 bits per heavy atom. The Hall–Kier alpha value is -1.89. The van der Waals surface area contributed by atoms with Crippen LogP contribution in [0.2, 0.25) is 0 Å². The average molecular weight is 372 g/mol. The molecule has 0 bridgehead atoms. The van der Waals surface area contributed by atoms with Crippen LogP contribution in [-0.2, 0) is 19.1 Å². The van der Waals surface area contributed by atoms with Gasteiger partial charge in [0, 0.05) is 6.42 Å². The Morgan fingerprint density at radius 2 is 1.54 bits per heavy atom. The summed E-state index contributed by atoms with van der Waals surface area (Å²) in [5.41, 5.74) is 0. The first kappa shape index (κ1) is 24.1. The van der Waals surface area contributed by atoms with Crippen LogP contribution in [0.25, 0.3) is 0 Å². The molecule has 0 aromatic rings. The highest BCUT2D eigenvalue weighted by Gasteiger charge is 2.24. The number of likely N-dealkylation sites (N-methyl/N-ethyl adjacent to an activating group) is 1. The molecule has 0 aromatic carbocycles. The van der Waals surface area contributed by atoms with Crippen molar-refractivity contribution in [2.45, 2.75) is 63.9 Å². The van der Waals surface area contributed by atoms with E-state index in [1.807, 2.05) is 27.2 Å². The van der Waals surface area contributed by atoms with Crippen molar-refractivity contribution in [2.24, 2.45) is 0 Å². The molecule has 0 radical (unpaired) electrons. The van der Waals surface area contributed by atoms with E-state index in [1.54, 1.807) is 6.08 Å². The van der Waals surface area contributed by atoms with E-state index in [1.165, 1.54) is 0 Å². The van der Waals surface area contributed by atoms with Gasteiger partial charge in [0.1, 0.15) is 6.54 Å². The van der Waals surface area contributed by atoms with E-state index in [-0.39, 0.29) is 18.8 Å². The number of quaternary nitrogens is 1. The van der Waals surface area contributed by atoms with Gasteiger partial charge in [0.2, 0.25) is 0 Å². The molecule has 0 amide bonds. The molecule has 150 valence electrons. The summed E-state index contributed by atoms with van der Waals surface area (Å²) in [6, 6.07) is 0. The van der Waals surface area contributed by atoms with E-state index in [0.717, 1.165) is 38.5 Å². The zero-order chi connectivity index (χ0) is 20.0. The smallest absolute Gasteiger partial charge is 0.307 e. The highest BCUT2D eigenvalue weighted by Crippen LogP contribution is 2.11. The van der Waals surface area contributed by atoms with Crippen LogP contribution in [0.5, 0.6) is 0 Å². The van der Waals surface area contributed by atoms with Crippen LogP contribution in [0, 0.1) is 0 Å². The third kappa shape index (κ3) is 17.0. The lowest BCUT2D eigenvalue weighted by molar-refractivity contribution is -0.873. The fraction of sp³-hybridized carbons (Fsp3) is 0.737. The molecule has 0 heterocycles. The third-order valence-electron chi connectivity index (χ3n) is 3.66. The fourth-order valence-corrected chi connectivity index (χ4v) is 2.56. The van der Waals surface area contributed by atoms with Gasteiger partial charge in [-0.05, 0) is 19.3 Å². The van der Waals surface area contributed by atoms with Gasteiger partial charge in [-0.1, -0.05) is 31.4 Å². The van der Waals surface area contributed by atoms with Crippen molar-refractivity contribution in [3.63, 3.8) is 0 Å². The van der Waals surface area contributed by atoms with Crippen molar-refractivity contribution in [3.8, 4) is 0 Å². The maximum atomic E-state index is 11.9. The SMILES string of the molecule is C[N+](C)(C)CC(CC(=O)O)OC(=O)CCCCCCC/C=C/CC(=O)O. The van der Waals surface area contributed by atoms with Crippen LogP contribution >= 0.6 is 0 Å². The van der Waals surface area contributed by atoms with Crippen LogP contribution in [-0.4, -0.2) is 66.4 Å². The van der Waals surface area contributed by atoms with Gasteiger partial charge in [0.05, 0.1) is 34.0 Å². The van der Waals surface area contributed by atoms with Gasteiger partial charge >= 0.3 is 17.9 Å². The number of hydrogen-bond acceptors (Lipinski definition) is 4. The van der Waals surface area contributed by atoms with E-state index in [9.17, 15) is 14.4 Å². The molecule has 1 unspecified atom stereocenters. The summed E-state index contributed by atoms with van der Waals surface area (Å²) in [4.78, 5) is 33.1. The number of carbonyl (C=O) groups is 3. The molecule has 0 saturated carbocycles. The molecule has 0 aliphatic carbocycles. The van der Waals surface area contributed by atoms with Gasteiger partial charge in [0.25, 0.3) is 0 Å². The Bertz CT molecular complexity index is 467. The number of nitrogens with zero attached hydrogens (tertiary/aromatic N) is 1. The number of aliphatic carboxylic acids is 2. The number of allylic oxidation sites excluding steroid dienone is 1. The van der Waals surface area contributed by atoms with Crippen molar-refractivity contribution in [3.05, 3.63) is 12.2 Å². The molecular weight excluding hydrogens is 338 g/mol. The standard InChI is InChI=1S/C19H33NO6/c1-20(2,3)15-16(14-18(23)24)26-19(25)13-11-9-7-5-4-6-8-10-12-17(21)22/h8,10,16H,4-7,9,11-15H2,1-3H3,(H-,21,22,23,24)/p+1/b10-8+. The largest absolute Gasteiger partial charge is 0.481 e. The van der Waals surface area contributed by atoms with E-state index in [4.69, 9.17) is 14.9 Å². The summed E-state index contributed by atoms with van der Waals surface area (Å²) in [5.74, 6) is -2.12. The molecule has 7 nitrogen and oxygen atoms in total. The molecule has 0 saturated heterocycles. The maximum absolute atomic E-state index is 11.9. The van der Waals surface area contributed by atoms with E-state index < -0.39 is 18.0 Å². The van der Waals surface area contributed by atoms with Crippen LogP contribution < -0.4 is 0 Å². The van der Waals surface area contributed by atoms with Crippen molar-refractivity contribution in [2.75, 3.05) is 27.7 Å². The minimum atomic E-state index is -0.964. The number of rotatable bonds is 15. The Labute approximate surface area is 156 Å². The first-order valence-corrected chi connectivity index (χ1v) is 9.18. The fourth-order valence-electron chi connectivity index (χ4n) is 2.56. The molecule has 0 aliphatic rings. The number of unbranched alkanes of at least 4 members (excludes halogenated alkanes) is 5. The highest BCUT2D eigenvalue weighted by molar-refractivity contribution is 5.71. The predicted octanol–water partition coefficient (Wildman–Crippen LogP) is 2.84. The summed E-state index contributed by atoms with van der Waals surface area (Å²) in [6.45, 7) is 0.466. The average Bonchev–Trinajstić information content (AvgIpc) is 2.46. The second-order valence-electron chi connectivity index (χ2n) is 7.56. The maximum Gasteiger partial charge on any atom is 0.307 e. The summed E-state index contributed by atoms with van der Waals surface area (Å²) >= 11 is 0. The van der Waals surface area contributed by atoms with Gasteiger partial charge in [-0.2, -0.15) is 0 Å². The van der Waals surface area contributed by atoms with Gasteiger partial charge in [-0.3, -0.25) is 14.4 Å². The van der Waals surface area contributed by atoms with Crippen molar-refractivity contribution in [1.29, 1.82) is 0 Å². The molecule has 1 atom stereocenters. The Morgan fingerprint density at radius 3 is 2.12 bits per heavy atom. The normalized spacial score (nSPS) is 12.9. The van der Waals surface area contributed by atoms with Gasteiger partial charge in [0.15, 0.2) is 6.10 Å². The number of esters is 1. The van der Waals surface area contributed by atoms with E-state index in [2.05, 4.69) is 0 Å². The van der Waals surface area contributed by atoms with Gasteiger partial charge in [-0.15, -0.1) is 0 Å². The quantitative estimate of drug-likeness (QED) is 0.198. The van der Waals surface area contributed by atoms with Crippen LogP contribution in [0.3, 0.4) is 0 Å². The minimum Gasteiger partial charge on any atom is -0.481 e. The first-order chi connectivity index (χ1) is 12.1. The second kappa shape index (κ2) is 13.3. The number of carboxylic acid groups (broad SMARTS) is 2. The molecule has 26 heavy (non-hydrogen) atoms. The molecule has 7 heteroatoms. The molecule has 0 aliphatic heterocycles. The lowest BCUT2D eigenvalue weighted by atomic mass is 10.1. The summed E-state index contributed by atoms with van der Waals surface area (Å²) in [7, 11) is 5.79. The van der Waals surface area contributed by atoms with Crippen molar-refractivity contribution < 1.29 is 33.8 Å². The lowest BCUT2D eigenvalue weighted by Gasteiger charge is -2.28. The van der Waals surface area contributed by atoms with Gasteiger partial charge < -0.3 is 19.4 Å². The number of carbonyl (C=O) groups excluding carboxylic acids is 1. The number of hydrogen-bond donors (Lipinski definition) is 2. The second-order valence-corrected chi connectivity index (χ2v) is 7.56. The summed E-state index contributed by atoms with van der Waals surface area (Å²) in [5, 5.41) is 17.4. The molecule has 0 rings (SSSR count). The van der Waals surface area contributed by atoms with Gasteiger partial charge in [-0.25, -0.2) is 0 Å². The Kier molecular flexibility index (Phi) is 12.4. The summed E-state index contributed by atoms with van der Waals surface area (Å²) in [6.07, 6.45) is 8.75. The Balaban J connectivity index is 3.84. The molecule has 0 aromatic heterocycles. The number of ether oxygens (including phenoxy) is 1. The molecule has 2 N–H and O–H groups in total. The summed E-state index contributed by atoms with van der Waals surface area (Å²) < 4.78 is 5.87. The number of carboxylic acids is 2. The highest BCUT2D eigenvalue weighted by atomic mass is 16.5. The van der Waals surface area contributed by atoms with Crippen LogP contribution in [0.1, 0.15) is 57.8 Å². The van der Waals surface area contributed by atoms with Crippen molar-refractivity contribution >= 4 is 17.9 Å². The minimum absolute atomic E-state index is 0.0685. The zero-order valence-electron chi connectivity index (χ0n) is 16.3. The van der Waals surface area contributed by atoms with Crippen molar-refractivity contribution in [1.82, 2.24) is 0 Å². The zero-order valence-corrected chi connectivity index (χ0v) is 16.3. The first-order valence-electron chi connectivity index (χ1n) is 9.18. The van der Waals surface area contributed by atoms with Crippen LogP contribution in [0.4, 0.5) is 0 Å². The monoisotopic (exact) mass is 372 g/mol. The molecular formula is C19H34NO6+. The predicted molar refractivity (Wildman–Crippen MR) is 98.7 cm³/mol. The molecule has 0 spiro atoms.